The summed E-state index contributed by atoms with van der Waals surface area (Å²) in [4.78, 5) is 19.6. The first kappa shape index (κ1) is 16.7. The van der Waals surface area contributed by atoms with Gasteiger partial charge in [-0.25, -0.2) is 0 Å². The fourth-order valence-electron chi connectivity index (χ4n) is 2.98. The highest BCUT2D eigenvalue weighted by Gasteiger charge is 2.35. The van der Waals surface area contributed by atoms with Crippen LogP contribution in [0.2, 0.25) is 0 Å². The van der Waals surface area contributed by atoms with Gasteiger partial charge in [0.25, 0.3) is 5.69 Å². The number of hydrogen-bond donors (Lipinski definition) is 1. The van der Waals surface area contributed by atoms with Crippen molar-refractivity contribution >= 4 is 52.7 Å². The Labute approximate surface area is 167 Å². The molecule has 2 aromatic carbocycles. The molecule has 130 valence electrons. The van der Waals surface area contributed by atoms with E-state index < -0.39 is 0 Å². The van der Waals surface area contributed by atoms with E-state index in [2.05, 4.69) is 29.2 Å². The quantitative estimate of drug-likeness (QED) is 0.378. The maximum absolute atomic E-state index is 11.7. The van der Waals surface area contributed by atoms with Crippen molar-refractivity contribution in [3.8, 4) is 0 Å². The van der Waals surface area contributed by atoms with E-state index in [4.69, 9.17) is 0 Å². The summed E-state index contributed by atoms with van der Waals surface area (Å²) in [6.07, 6.45) is 0. The maximum Gasteiger partial charge on any atom is 0.292 e. The molecule has 0 unspecified atom stereocenters. The molecule has 0 atom stereocenters. The van der Waals surface area contributed by atoms with E-state index in [0.29, 0.717) is 5.69 Å². The van der Waals surface area contributed by atoms with Crippen molar-refractivity contribution in [1.29, 1.82) is 0 Å². The molecule has 0 saturated heterocycles. The SMILES string of the molecule is O=[N+]([O-])c1cc(C2Sc3ccccc3S2)[nH]c1C1Sc2ccccc2S1. The van der Waals surface area contributed by atoms with E-state index in [0.717, 1.165) is 5.69 Å². The number of benzene rings is 2. The summed E-state index contributed by atoms with van der Waals surface area (Å²) >= 11 is 6.85. The summed E-state index contributed by atoms with van der Waals surface area (Å²) in [7, 11) is 0. The molecule has 8 heteroatoms. The highest BCUT2D eigenvalue weighted by Crippen LogP contribution is 2.60. The Morgan fingerprint density at radius 1 is 0.808 bits per heavy atom. The molecule has 0 bridgehead atoms. The van der Waals surface area contributed by atoms with E-state index in [-0.39, 0.29) is 19.8 Å². The lowest BCUT2D eigenvalue weighted by Gasteiger charge is -2.07. The van der Waals surface area contributed by atoms with Crippen LogP contribution in [0.3, 0.4) is 0 Å². The molecule has 0 fully saturated rings. The van der Waals surface area contributed by atoms with E-state index in [1.54, 1.807) is 53.1 Å². The largest absolute Gasteiger partial charge is 0.353 e. The smallest absolute Gasteiger partial charge is 0.292 e. The van der Waals surface area contributed by atoms with Gasteiger partial charge in [0, 0.05) is 31.3 Å². The topological polar surface area (TPSA) is 58.9 Å². The zero-order valence-electron chi connectivity index (χ0n) is 13.2. The summed E-state index contributed by atoms with van der Waals surface area (Å²) in [6.45, 7) is 0. The number of nitrogens with zero attached hydrogens (tertiary/aromatic N) is 1. The summed E-state index contributed by atoms with van der Waals surface area (Å²) in [5, 5.41) is 11.7. The highest BCUT2D eigenvalue weighted by molar-refractivity contribution is 8.19. The molecule has 2 aliphatic rings. The Kier molecular flexibility index (Phi) is 4.23. The van der Waals surface area contributed by atoms with Crippen LogP contribution in [0.4, 0.5) is 5.69 Å². The second-order valence-electron chi connectivity index (χ2n) is 5.81. The standard InChI is InChI=1S/C18H12N2O2S4/c21-20(22)11-9-10(17-23-12-5-1-2-6-13(12)24-17)19-16(11)18-25-14-7-3-4-8-15(14)26-18/h1-9,17-19H. The Bertz CT molecular complexity index is 970. The predicted molar refractivity (Wildman–Crippen MR) is 109 cm³/mol. The van der Waals surface area contributed by atoms with E-state index in [9.17, 15) is 10.1 Å². The van der Waals surface area contributed by atoms with Gasteiger partial charge in [0.05, 0.1) is 9.51 Å². The second-order valence-corrected chi connectivity index (χ2v) is 11.0. The Balaban J connectivity index is 1.47. The number of aromatic nitrogens is 1. The third-order valence-corrected chi connectivity index (χ3v) is 9.86. The minimum absolute atomic E-state index is 0.0136. The molecular formula is C18H12N2O2S4. The third-order valence-electron chi connectivity index (χ3n) is 4.17. The van der Waals surface area contributed by atoms with Crippen molar-refractivity contribution in [3.05, 3.63) is 76.1 Å². The minimum atomic E-state index is -0.267. The number of hydrogen-bond acceptors (Lipinski definition) is 6. The molecule has 1 N–H and O–H groups in total. The number of rotatable bonds is 3. The summed E-state index contributed by atoms with van der Waals surface area (Å²) < 4.78 is 0.110. The van der Waals surface area contributed by atoms with Crippen LogP contribution >= 0.6 is 47.0 Å². The van der Waals surface area contributed by atoms with Crippen LogP contribution in [-0.2, 0) is 0 Å². The molecule has 1 aromatic heterocycles. The molecule has 26 heavy (non-hydrogen) atoms. The Hall–Kier alpha value is -1.48. The van der Waals surface area contributed by atoms with Gasteiger partial charge in [-0.05, 0) is 24.3 Å². The Morgan fingerprint density at radius 2 is 1.27 bits per heavy atom. The van der Waals surface area contributed by atoms with Gasteiger partial charge >= 0.3 is 0 Å². The van der Waals surface area contributed by atoms with Crippen LogP contribution in [0.25, 0.3) is 0 Å². The predicted octanol–water partition coefficient (Wildman–Crippen LogP) is 6.72. The van der Waals surface area contributed by atoms with Crippen molar-refractivity contribution < 1.29 is 4.92 Å². The van der Waals surface area contributed by atoms with Gasteiger partial charge in [0.15, 0.2) is 0 Å². The molecule has 3 heterocycles. The molecule has 0 spiro atoms. The lowest BCUT2D eigenvalue weighted by Crippen LogP contribution is -1.94. The van der Waals surface area contributed by atoms with Gasteiger partial charge in [0.2, 0.25) is 0 Å². The van der Waals surface area contributed by atoms with Crippen LogP contribution in [0.5, 0.6) is 0 Å². The first-order valence-electron chi connectivity index (χ1n) is 7.91. The lowest BCUT2D eigenvalue weighted by atomic mass is 10.4. The van der Waals surface area contributed by atoms with Crippen molar-refractivity contribution in [2.45, 2.75) is 28.7 Å². The minimum Gasteiger partial charge on any atom is -0.353 e. The van der Waals surface area contributed by atoms with Gasteiger partial charge in [-0.15, -0.1) is 47.0 Å². The van der Waals surface area contributed by atoms with Crippen LogP contribution in [0.15, 0.2) is 74.2 Å². The number of nitro groups is 1. The van der Waals surface area contributed by atoms with Crippen LogP contribution in [0, 0.1) is 10.1 Å². The molecule has 3 aromatic rings. The summed E-state index contributed by atoms with van der Waals surface area (Å²) in [5.74, 6) is 0. The van der Waals surface area contributed by atoms with Gasteiger partial charge in [-0.1, -0.05) is 24.3 Å². The zero-order chi connectivity index (χ0) is 17.7. The summed E-state index contributed by atoms with van der Waals surface area (Å²) in [5.41, 5.74) is 1.80. The molecule has 0 aliphatic carbocycles. The Morgan fingerprint density at radius 3 is 1.73 bits per heavy atom. The normalized spacial score (nSPS) is 16.6. The fraction of sp³-hybridized carbons (Fsp3) is 0.111. The average molecular weight is 417 g/mol. The van der Waals surface area contributed by atoms with Gasteiger partial charge < -0.3 is 4.98 Å². The third kappa shape index (κ3) is 2.85. The molecule has 4 nitrogen and oxygen atoms in total. The second kappa shape index (κ2) is 6.60. The molecule has 2 aliphatic heterocycles. The number of H-pyrrole nitrogens is 1. The summed E-state index contributed by atoms with van der Waals surface area (Å²) in [6, 6.07) is 18.1. The van der Waals surface area contributed by atoms with Crippen molar-refractivity contribution in [3.63, 3.8) is 0 Å². The fourth-order valence-corrected chi connectivity index (χ4v) is 8.58. The highest BCUT2D eigenvalue weighted by atomic mass is 32.2. The zero-order valence-corrected chi connectivity index (χ0v) is 16.5. The van der Waals surface area contributed by atoms with Crippen LogP contribution in [-0.4, -0.2) is 9.91 Å². The van der Waals surface area contributed by atoms with E-state index >= 15 is 0 Å². The molecule has 0 amide bonds. The van der Waals surface area contributed by atoms with Crippen LogP contribution in [0.1, 0.15) is 20.6 Å². The first-order chi connectivity index (χ1) is 12.7. The van der Waals surface area contributed by atoms with Gasteiger partial charge in [0.1, 0.15) is 10.3 Å². The van der Waals surface area contributed by atoms with E-state index in [1.807, 2.05) is 24.3 Å². The molecule has 5 rings (SSSR count). The molecular weight excluding hydrogens is 404 g/mol. The van der Waals surface area contributed by atoms with Crippen LogP contribution < -0.4 is 0 Å². The number of fused-ring (bicyclic) bond motifs is 2. The van der Waals surface area contributed by atoms with Gasteiger partial charge in [-0.2, -0.15) is 0 Å². The first-order valence-corrected chi connectivity index (χ1v) is 11.4. The number of aromatic amines is 1. The van der Waals surface area contributed by atoms with Crippen molar-refractivity contribution in [2.75, 3.05) is 0 Å². The van der Waals surface area contributed by atoms with E-state index in [1.165, 1.54) is 19.6 Å². The van der Waals surface area contributed by atoms with Crippen molar-refractivity contribution in [2.24, 2.45) is 0 Å². The molecule has 0 saturated carbocycles. The van der Waals surface area contributed by atoms with Gasteiger partial charge in [-0.3, -0.25) is 10.1 Å². The lowest BCUT2D eigenvalue weighted by molar-refractivity contribution is -0.385. The monoisotopic (exact) mass is 416 g/mol. The number of thioether (sulfide) groups is 4. The van der Waals surface area contributed by atoms with Crippen molar-refractivity contribution in [1.82, 2.24) is 4.98 Å². The number of nitrogens with one attached hydrogen (secondary N) is 1. The maximum atomic E-state index is 11.7. The average Bonchev–Trinajstić information content (AvgIpc) is 3.35. The molecule has 0 radical (unpaired) electrons.